The minimum atomic E-state index is -1.87. The van der Waals surface area contributed by atoms with Crippen molar-refractivity contribution in [3.8, 4) is 5.75 Å². The molecule has 1 fully saturated rings. The Morgan fingerprint density at radius 2 is 1.37 bits per heavy atom. The number of hydrogen-bond donors (Lipinski definition) is 13. The number of ketones is 1. The summed E-state index contributed by atoms with van der Waals surface area (Å²) in [6, 6.07) is 9.41. The Morgan fingerprint density at radius 3 is 2.04 bits per heavy atom. The lowest BCUT2D eigenvalue weighted by Gasteiger charge is -2.29. The number of ether oxygens (including phenoxy) is 2. The molecule has 2 aliphatic rings. The van der Waals surface area contributed by atoms with Crippen molar-refractivity contribution in [1.82, 2.24) is 47.5 Å². The van der Waals surface area contributed by atoms with Gasteiger partial charge in [0, 0.05) is 60.3 Å². The summed E-state index contributed by atoms with van der Waals surface area (Å²) in [7, 11) is 1.81. The number of aliphatic hydroxyl groups is 2. The molecule has 90 heavy (non-hydrogen) atoms. The molecule has 10 atom stereocenters. The number of carboxylic acids is 1. The Balaban J connectivity index is 1.43. The van der Waals surface area contributed by atoms with Gasteiger partial charge in [-0.15, -0.1) is 0 Å². The third kappa shape index (κ3) is 21.8. The molecule has 1 aromatic heterocycles. The molecule has 8 amide bonds. The molecule has 3 aromatic carbocycles. The number of carbonyl (C=O) groups is 10. The van der Waals surface area contributed by atoms with E-state index in [0.717, 1.165) is 50.5 Å². The van der Waals surface area contributed by atoms with E-state index >= 15 is 14.4 Å². The van der Waals surface area contributed by atoms with Crippen LogP contribution in [0.3, 0.4) is 0 Å². The Kier molecular flexibility index (Phi) is 25.7. The normalized spacial score (nSPS) is 21.3. The number of hydrogen-bond acceptors (Lipinski definition) is 17. The number of aliphatic carboxylic acids is 1. The number of unbranched alkanes of at least 4 members (excludes halogenated alkanes) is 1. The number of carbonyl (C=O) groups excluding carboxylic acids is 9. The first kappa shape index (κ1) is 70.9. The molecule has 1 aliphatic carbocycles. The molecule has 0 bridgehead atoms. The summed E-state index contributed by atoms with van der Waals surface area (Å²) in [5.41, 5.74) is 2.49. The van der Waals surface area contributed by atoms with Crippen molar-refractivity contribution in [1.29, 1.82) is 0 Å². The lowest BCUT2D eigenvalue weighted by atomic mass is 9.90. The van der Waals surface area contributed by atoms with Crippen LogP contribution in [0.15, 0.2) is 85.1 Å². The van der Waals surface area contributed by atoms with Crippen LogP contribution in [0.1, 0.15) is 110 Å². The Morgan fingerprint density at radius 1 is 0.722 bits per heavy atom. The van der Waals surface area contributed by atoms with E-state index in [0.29, 0.717) is 23.1 Å². The quantitative estimate of drug-likeness (QED) is 0.0466. The first-order valence-electron chi connectivity index (χ1n) is 29.7. The van der Waals surface area contributed by atoms with E-state index in [9.17, 15) is 54.0 Å². The van der Waals surface area contributed by atoms with Gasteiger partial charge in [-0.3, -0.25) is 33.6 Å². The third-order valence-corrected chi connectivity index (χ3v) is 17.0. The number of phenols is 1. The van der Waals surface area contributed by atoms with E-state index in [2.05, 4.69) is 47.5 Å². The number of H-pyrrole nitrogens is 1. The van der Waals surface area contributed by atoms with Crippen molar-refractivity contribution in [2.45, 2.75) is 172 Å². The SMILES string of the molecule is C[C@@H](O)[C@H](NC(=O)[C@@H]1CSSC[C@H](NC(=O)C(Cc2c[nH]c3ccccc23)NC(=O)OC(C)(C)C)C(=O)C[C@@H](Cc2ccc(O)cc2)C(=O)N[C@H](CC2=CCc3ccccc32)C(=O)N[C@@H](CCCCNC(=O)OC(C)(C)C)C(=O)N[C@@H]([C@@H](C)O)C(=O)N1)C(=O)O. The van der Waals surface area contributed by atoms with Crippen molar-refractivity contribution in [2.75, 3.05) is 18.1 Å². The maximum absolute atomic E-state index is 15.2. The lowest BCUT2D eigenvalue weighted by molar-refractivity contribution is -0.145. The zero-order valence-electron chi connectivity index (χ0n) is 51.6. The van der Waals surface area contributed by atoms with Gasteiger partial charge in [-0.1, -0.05) is 82.3 Å². The van der Waals surface area contributed by atoms with E-state index in [4.69, 9.17) is 9.47 Å². The van der Waals surface area contributed by atoms with Crippen LogP contribution in [0.25, 0.3) is 16.5 Å². The van der Waals surface area contributed by atoms with Gasteiger partial charge >= 0.3 is 18.2 Å². The number of aromatic nitrogens is 1. The van der Waals surface area contributed by atoms with Gasteiger partial charge in [0.25, 0.3) is 0 Å². The predicted octanol–water partition coefficient (Wildman–Crippen LogP) is 4.00. The molecule has 488 valence electrons. The minimum Gasteiger partial charge on any atom is -0.508 e. The van der Waals surface area contributed by atoms with Gasteiger partial charge in [-0.2, -0.15) is 0 Å². The van der Waals surface area contributed by atoms with E-state index in [-0.39, 0.29) is 56.6 Å². The Labute approximate surface area is 529 Å². The number of benzene rings is 3. The number of aromatic amines is 1. The third-order valence-electron chi connectivity index (χ3n) is 14.6. The maximum Gasteiger partial charge on any atom is 0.408 e. The Bertz CT molecular complexity index is 3250. The average Bonchev–Trinajstić information content (AvgIpc) is 2.62. The summed E-state index contributed by atoms with van der Waals surface area (Å²) in [6.07, 6.45) is -1.56. The summed E-state index contributed by atoms with van der Waals surface area (Å²) < 4.78 is 10.9. The fourth-order valence-electron chi connectivity index (χ4n) is 9.99. The zero-order chi connectivity index (χ0) is 66.0. The van der Waals surface area contributed by atoms with E-state index in [1.807, 2.05) is 48.5 Å². The second-order valence-electron chi connectivity index (χ2n) is 24.3. The highest BCUT2D eigenvalue weighted by molar-refractivity contribution is 8.76. The van der Waals surface area contributed by atoms with Gasteiger partial charge in [0.2, 0.25) is 35.4 Å². The number of alkyl carbamates (subject to hydrolysis) is 2. The first-order chi connectivity index (χ1) is 42.4. The molecule has 1 aliphatic heterocycles. The van der Waals surface area contributed by atoms with Crippen LogP contribution in [-0.2, 0) is 67.1 Å². The highest BCUT2D eigenvalue weighted by atomic mass is 33.1. The molecule has 0 saturated carbocycles. The number of allylic oxidation sites excluding steroid dienone is 1. The van der Waals surface area contributed by atoms with Crippen LogP contribution in [0, 0.1) is 5.92 Å². The van der Waals surface area contributed by atoms with Crippen molar-refractivity contribution < 1.29 is 77.8 Å². The minimum absolute atomic E-state index is 0.0833. The number of aromatic hydroxyl groups is 1. The number of fused-ring (bicyclic) bond motifs is 2. The monoisotopic (exact) mass is 1290 g/mol. The maximum atomic E-state index is 15.2. The van der Waals surface area contributed by atoms with Crippen LogP contribution in [0.5, 0.6) is 5.75 Å². The van der Waals surface area contributed by atoms with Crippen LogP contribution in [-0.4, -0.2) is 169 Å². The smallest absolute Gasteiger partial charge is 0.408 e. The lowest BCUT2D eigenvalue weighted by Crippen LogP contribution is -2.62. The van der Waals surface area contributed by atoms with Crippen LogP contribution >= 0.6 is 21.6 Å². The van der Waals surface area contributed by atoms with E-state index in [1.165, 1.54) is 19.1 Å². The summed E-state index contributed by atoms with van der Waals surface area (Å²) in [6.45, 7) is 12.4. The number of rotatable bonds is 19. The number of Topliss-reactive ketones (excluding diaryl/α,β-unsaturated/α-hetero) is 1. The molecular formula is C63H83N9O16S2. The van der Waals surface area contributed by atoms with Crippen LogP contribution < -0.4 is 42.5 Å². The number of carboxylic acid groups (broad SMARTS) is 1. The number of nitrogens with one attached hydrogen (secondary N) is 9. The number of aliphatic hydroxyl groups excluding tert-OH is 2. The van der Waals surface area contributed by atoms with Crippen molar-refractivity contribution in [3.63, 3.8) is 0 Å². The molecule has 4 aromatic rings. The van der Waals surface area contributed by atoms with Gasteiger partial charge in [0.1, 0.15) is 47.2 Å². The Hall–Kier alpha value is -8.14. The largest absolute Gasteiger partial charge is 0.508 e. The molecule has 25 nitrogen and oxygen atoms in total. The summed E-state index contributed by atoms with van der Waals surface area (Å²) in [5.74, 6) is -10.1. The van der Waals surface area contributed by atoms with Gasteiger partial charge in [0.15, 0.2) is 11.8 Å². The molecule has 1 unspecified atom stereocenters. The topological polar surface area (TPSA) is 382 Å². The number of para-hydroxylation sites is 1. The van der Waals surface area contributed by atoms with Gasteiger partial charge in [0.05, 0.1) is 18.2 Å². The second-order valence-corrected chi connectivity index (χ2v) is 26.9. The standard InChI is InChI=1S/C63H83N9O16S2/c1-34(73)51-58(82)69-49(57(81)72-52(35(2)74)59(83)84)33-90-89-32-48(68-56(80)47(70-61(86)88-63(6,7)8)29-40-31-65-44-18-12-11-17-43(40)44)50(76)30-39(27-36-20-24-41(75)25-21-36)53(77)67-46(28-38-23-22-37-15-9-10-16-42(37)38)55(79)66-45(54(78)71-51)19-13-14-26-64-60(85)87-62(3,4)5/h9-12,15-18,20-21,23-25,31,34-35,39,45-49,51-52,65,73-75H,13-14,19,22,26-30,32-33H2,1-8H3,(H,64,85)(H,66,79)(H,67,77)(H,68,80)(H,69,82)(H,70,86)(H,71,78)(H,72,81)(H,83,84)/t34-,35-,39-,45+,46-,47?,48+,49+,51+,52+/m1/s1. The van der Waals surface area contributed by atoms with Crippen LogP contribution in [0.2, 0.25) is 0 Å². The molecule has 6 rings (SSSR count). The summed E-state index contributed by atoms with van der Waals surface area (Å²) >= 11 is 0. The predicted molar refractivity (Wildman–Crippen MR) is 338 cm³/mol. The molecule has 27 heteroatoms. The molecule has 1 saturated heterocycles. The zero-order valence-corrected chi connectivity index (χ0v) is 53.3. The van der Waals surface area contributed by atoms with Gasteiger partial charge in [-0.05, 0) is 134 Å². The first-order valence-corrected chi connectivity index (χ1v) is 32.2. The van der Waals surface area contributed by atoms with Crippen LogP contribution in [0.4, 0.5) is 9.59 Å². The highest BCUT2D eigenvalue weighted by Crippen LogP contribution is 2.32. The van der Waals surface area contributed by atoms with Crippen molar-refractivity contribution in [3.05, 3.63) is 107 Å². The molecule has 0 radical (unpaired) electrons. The summed E-state index contributed by atoms with van der Waals surface area (Å²) in [5, 5.41) is 63.3. The van der Waals surface area contributed by atoms with Gasteiger partial charge in [-0.25, -0.2) is 14.4 Å². The molecule has 0 spiro atoms. The molecular weight excluding hydrogens is 1200 g/mol. The van der Waals surface area contributed by atoms with Gasteiger partial charge < -0.3 is 77.4 Å². The second kappa shape index (κ2) is 32.6. The van der Waals surface area contributed by atoms with E-state index < -0.39 is 143 Å². The fourth-order valence-corrected chi connectivity index (χ4v) is 12.4. The highest BCUT2D eigenvalue weighted by Gasteiger charge is 2.38. The average molecular weight is 1290 g/mol. The molecule has 13 N–H and O–H groups in total. The van der Waals surface area contributed by atoms with Crippen molar-refractivity contribution in [2.24, 2.45) is 5.92 Å². The fraction of sp³-hybridized carbons (Fsp3) is 0.492. The van der Waals surface area contributed by atoms with Crippen molar-refractivity contribution >= 4 is 97.4 Å². The number of amides is 8. The molecule has 2 heterocycles. The number of phenolic OH excluding ortho intramolecular Hbond substituents is 1. The van der Waals surface area contributed by atoms with E-state index in [1.54, 1.807) is 65.9 Å². The summed E-state index contributed by atoms with van der Waals surface area (Å²) in [4.78, 5) is 145.